The molecule has 0 radical (unpaired) electrons. The summed E-state index contributed by atoms with van der Waals surface area (Å²) in [4.78, 5) is 0. The fraction of sp³-hybridized carbons (Fsp3) is 0.478. The summed E-state index contributed by atoms with van der Waals surface area (Å²) in [6, 6.07) is 18.2. The van der Waals surface area contributed by atoms with E-state index in [9.17, 15) is 0 Å². The van der Waals surface area contributed by atoms with Gasteiger partial charge >= 0.3 is 0 Å². The van der Waals surface area contributed by atoms with Crippen molar-refractivity contribution in [3.63, 3.8) is 0 Å². The molecule has 0 aromatic heterocycles. The number of hydrogen-bond acceptors (Lipinski definition) is 0. The second-order valence-electron chi connectivity index (χ2n) is 7.14. The van der Waals surface area contributed by atoms with E-state index in [1.54, 1.807) is 5.56 Å². The summed E-state index contributed by atoms with van der Waals surface area (Å²) in [7, 11) is 0. The molecule has 1 fully saturated rings. The smallest absolute Gasteiger partial charge is 0.0152 e. The van der Waals surface area contributed by atoms with E-state index in [0.29, 0.717) is 0 Å². The van der Waals surface area contributed by atoms with Crippen molar-refractivity contribution in [3.8, 4) is 11.1 Å². The topological polar surface area (TPSA) is 0 Å². The maximum Gasteiger partial charge on any atom is -0.0152 e. The van der Waals surface area contributed by atoms with Crippen LogP contribution in [-0.2, 0) is 6.42 Å². The minimum absolute atomic E-state index is 0.790. The van der Waals surface area contributed by atoms with E-state index in [-0.39, 0.29) is 0 Å². The summed E-state index contributed by atoms with van der Waals surface area (Å²) < 4.78 is 0. The van der Waals surface area contributed by atoms with Crippen molar-refractivity contribution in [2.45, 2.75) is 64.7 Å². The molecular formula is C23H30. The lowest BCUT2D eigenvalue weighted by Crippen LogP contribution is -2.13. The SMILES string of the molecule is CCC[C@H]1CC[C@H](c2ccc(-c3ccccc3CC)cc2)CC1. The van der Waals surface area contributed by atoms with Crippen LogP contribution in [0.5, 0.6) is 0 Å². The van der Waals surface area contributed by atoms with E-state index >= 15 is 0 Å². The standard InChI is InChI=1S/C23H30/c1-3-7-18-10-12-20(13-11-18)21-14-16-22(17-15-21)23-9-6-5-8-19(23)4-2/h5-6,8-9,14-18,20H,3-4,7,10-13H2,1-2H3/t18-,20-. The van der Waals surface area contributed by atoms with Crippen molar-refractivity contribution in [1.82, 2.24) is 0 Å². The minimum Gasteiger partial charge on any atom is -0.0654 e. The summed E-state index contributed by atoms with van der Waals surface area (Å²) in [5, 5.41) is 0. The largest absolute Gasteiger partial charge is 0.0654 e. The number of benzene rings is 2. The molecule has 0 nitrogen and oxygen atoms in total. The van der Waals surface area contributed by atoms with Crippen molar-refractivity contribution < 1.29 is 0 Å². The van der Waals surface area contributed by atoms with Crippen LogP contribution in [0.2, 0.25) is 0 Å². The minimum atomic E-state index is 0.790. The van der Waals surface area contributed by atoms with E-state index < -0.39 is 0 Å². The van der Waals surface area contributed by atoms with Gasteiger partial charge < -0.3 is 0 Å². The molecular weight excluding hydrogens is 276 g/mol. The van der Waals surface area contributed by atoms with Gasteiger partial charge in [-0.15, -0.1) is 0 Å². The zero-order valence-corrected chi connectivity index (χ0v) is 14.7. The van der Waals surface area contributed by atoms with Crippen molar-refractivity contribution in [3.05, 3.63) is 59.7 Å². The average Bonchev–Trinajstić information content (AvgIpc) is 2.63. The highest BCUT2D eigenvalue weighted by atomic mass is 14.3. The molecule has 0 N–H and O–H groups in total. The van der Waals surface area contributed by atoms with Gasteiger partial charge in [0, 0.05) is 0 Å². The number of rotatable bonds is 5. The Labute approximate surface area is 141 Å². The quantitative estimate of drug-likeness (QED) is 0.558. The van der Waals surface area contributed by atoms with E-state index in [4.69, 9.17) is 0 Å². The molecule has 0 saturated heterocycles. The molecule has 122 valence electrons. The molecule has 1 aliphatic rings. The van der Waals surface area contributed by atoms with Crippen LogP contribution >= 0.6 is 0 Å². The highest BCUT2D eigenvalue weighted by molar-refractivity contribution is 5.67. The Morgan fingerprint density at radius 1 is 0.826 bits per heavy atom. The number of hydrogen-bond donors (Lipinski definition) is 0. The van der Waals surface area contributed by atoms with Gasteiger partial charge in [0.05, 0.1) is 0 Å². The average molecular weight is 306 g/mol. The molecule has 0 bridgehead atoms. The summed E-state index contributed by atoms with van der Waals surface area (Å²) in [6.07, 6.45) is 9.50. The van der Waals surface area contributed by atoms with Crippen molar-refractivity contribution in [1.29, 1.82) is 0 Å². The fourth-order valence-corrected chi connectivity index (χ4v) is 4.24. The molecule has 1 saturated carbocycles. The molecule has 0 heteroatoms. The molecule has 0 amide bonds. The van der Waals surface area contributed by atoms with Crippen molar-refractivity contribution >= 4 is 0 Å². The first-order chi connectivity index (χ1) is 11.3. The van der Waals surface area contributed by atoms with Gasteiger partial charge in [0.25, 0.3) is 0 Å². The summed E-state index contributed by atoms with van der Waals surface area (Å²) in [6.45, 7) is 4.56. The summed E-state index contributed by atoms with van der Waals surface area (Å²) in [5.41, 5.74) is 5.76. The molecule has 1 aliphatic carbocycles. The van der Waals surface area contributed by atoms with Gasteiger partial charge in [0.15, 0.2) is 0 Å². The van der Waals surface area contributed by atoms with Gasteiger partial charge in [-0.25, -0.2) is 0 Å². The van der Waals surface area contributed by atoms with Crippen LogP contribution in [0, 0.1) is 5.92 Å². The fourth-order valence-electron chi connectivity index (χ4n) is 4.24. The zero-order chi connectivity index (χ0) is 16.1. The summed E-state index contributed by atoms with van der Waals surface area (Å²) in [5.74, 6) is 1.78. The Morgan fingerprint density at radius 2 is 1.52 bits per heavy atom. The van der Waals surface area contributed by atoms with Crippen LogP contribution in [0.15, 0.2) is 48.5 Å². The van der Waals surface area contributed by atoms with Crippen LogP contribution in [-0.4, -0.2) is 0 Å². The van der Waals surface area contributed by atoms with Crippen molar-refractivity contribution in [2.75, 3.05) is 0 Å². The molecule has 0 spiro atoms. The third-order valence-electron chi connectivity index (χ3n) is 5.64. The van der Waals surface area contributed by atoms with Crippen LogP contribution in [0.1, 0.15) is 69.4 Å². The second-order valence-corrected chi connectivity index (χ2v) is 7.14. The van der Waals surface area contributed by atoms with Gasteiger partial charge in [-0.2, -0.15) is 0 Å². The van der Waals surface area contributed by atoms with Gasteiger partial charge in [0.1, 0.15) is 0 Å². The lowest BCUT2D eigenvalue weighted by molar-refractivity contribution is 0.308. The Hall–Kier alpha value is -1.56. The van der Waals surface area contributed by atoms with Gasteiger partial charge in [-0.05, 0) is 66.2 Å². The van der Waals surface area contributed by atoms with Crippen LogP contribution in [0.3, 0.4) is 0 Å². The Morgan fingerprint density at radius 3 is 2.17 bits per heavy atom. The summed E-state index contributed by atoms with van der Waals surface area (Å²) >= 11 is 0. The van der Waals surface area contributed by atoms with E-state index in [2.05, 4.69) is 62.4 Å². The number of aryl methyl sites for hydroxylation is 1. The highest BCUT2D eigenvalue weighted by Crippen LogP contribution is 2.38. The molecule has 0 heterocycles. The van der Waals surface area contributed by atoms with Crippen LogP contribution in [0.25, 0.3) is 11.1 Å². The third-order valence-corrected chi connectivity index (χ3v) is 5.64. The predicted molar refractivity (Wildman–Crippen MR) is 101 cm³/mol. The first-order valence-corrected chi connectivity index (χ1v) is 9.50. The third kappa shape index (κ3) is 3.86. The maximum atomic E-state index is 2.38. The van der Waals surface area contributed by atoms with E-state index in [1.807, 2.05) is 0 Å². The lowest BCUT2D eigenvalue weighted by Gasteiger charge is -2.28. The van der Waals surface area contributed by atoms with Gasteiger partial charge in [-0.1, -0.05) is 75.2 Å². The Kier molecular flexibility index (Phi) is 5.54. The molecule has 3 rings (SSSR count). The molecule has 2 aromatic carbocycles. The van der Waals surface area contributed by atoms with Crippen molar-refractivity contribution in [2.24, 2.45) is 5.92 Å². The van der Waals surface area contributed by atoms with Crippen LogP contribution in [0.4, 0.5) is 0 Å². The Balaban J connectivity index is 1.70. The Bertz CT molecular complexity index is 600. The predicted octanol–water partition coefficient (Wildman–Crippen LogP) is 6.99. The highest BCUT2D eigenvalue weighted by Gasteiger charge is 2.21. The first-order valence-electron chi connectivity index (χ1n) is 9.50. The zero-order valence-electron chi connectivity index (χ0n) is 14.7. The molecule has 0 unspecified atom stereocenters. The normalized spacial score (nSPS) is 21.3. The lowest BCUT2D eigenvalue weighted by atomic mass is 9.77. The van der Waals surface area contributed by atoms with Crippen LogP contribution < -0.4 is 0 Å². The first kappa shape index (κ1) is 16.3. The van der Waals surface area contributed by atoms with E-state index in [0.717, 1.165) is 18.3 Å². The molecule has 0 atom stereocenters. The molecule has 2 aromatic rings. The van der Waals surface area contributed by atoms with E-state index in [1.165, 1.54) is 55.2 Å². The molecule has 0 aliphatic heterocycles. The van der Waals surface area contributed by atoms with Gasteiger partial charge in [-0.3, -0.25) is 0 Å². The second kappa shape index (κ2) is 7.81. The van der Waals surface area contributed by atoms with Gasteiger partial charge in [0.2, 0.25) is 0 Å². The monoisotopic (exact) mass is 306 g/mol. The molecule has 23 heavy (non-hydrogen) atoms. The maximum absolute atomic E-state index is 2.38.